The van der Waals surface area contributed by atoms with Crippen molar-refractivity contribution in [3.63, 3.8) is 0 Å². The zero-order valence-electron chi connectivity index (χ0n) is 7.39. The van der Waals surface area contributed by atoms with Crippen molar-refractivity contribution in [2.24, 2.45) is 5.73 Å². The molecule has 0 bridgehead atoms. The Morgan fingerprint density at radius 3 is 2.58 bits per heavy atom. The minimum atomic E-state index is -2.53. The van der Waals surface area contributed by atoms with E-state index in [0.717, 1.165) is 13.0 Å². The smallest absolute Gasteiger partial charge is 0.260 e. The summed E-state index contributed by atoms with van der Waals surface area (Å²) in [5.74, 6) is -2.53. The van der Waals surface area contributed by atoms with Crippen molar-refractivity contribution in [1.29, 1.82) is 0 Å². The molecule has 2 N–H and O–H groups in total. The molecular weight excluding hydrogens is 162 g/mol. The van der Waals surface area contributed by atoms with Gasteiger partial charge < -0.3 is 5.73 Å². The Labute approximate surface area is 71.7 Å². The van der Waals surface area contributed by atoms with Crippen LogP contribution in [0.1, 0.15) is 19.8 Å². The lowest BCUT2D eigenvalue weighted by Crippen LogP contribution is -2.55. The van der Waals surface area contributed by atoms with Gasteiger partial charge in [0.15, 0.2) is 0 Å². The van der Waals surface area contributed by atoms with Crippen LogP contribution in [0.3, 0.4) is 0 Å². The fourth-order valence-electron chi connectivity index (χ4n) is 1.38. The van der Waals surface area contributed by atoms with Crippen LogP contribution < -0.4 is 5.73 Å². The van der Waals surface area contributed by atoms with Crippen molar-refractivity contribution in [2.75, 3.05) is 19.6 Å². The minimum absolute atomic E-state index is 0.0825. The lowest BCUT2D eigenvalue weighted by atomic mass is 10.0. The van der Waals surface area contributed by atoms with Crippen LogP contribution in [-0.4, -0.2) is 36.5 Å². The summed E-state index contributed by atoms with van der Waals surface area (Å²) in [6.45, 7) is 2.67. The molecule has 1 heterocycles. The topological polar surface area (TPSA) is 29.3 Å². The number of likely N-dealkylation sites (tertiary alicyclic amines) is 1. The summed E-state index contributed by atoms with van der Waals surface area (Å²) >= 11 is 0. The first-order valence-corrected chi connectivity index (χ1v) is 4.41. The van der Waals surface area contributed by atoms with Crippen LogP contribution in [0.5, 0.6) is 0 Å². The third-order valence-electron chi connectivity index (χ3n) is 2.49. The highest BCUT2D eigenvalue weighted by Gasteiger charge is 2.36. The van der Waals surface area contributed by atoms with Crippen molar-refractivity contribution in [1.82, 2.24) is 4.90 Å². The van der Waals surface area contributed by atoms with Crippen LogP contribution in [0.25, 0.3) is 0 Å². The van der Waals surface area contributed by atoms with Gasteiger partial charge in [-0.1, -0.05) is 6.92 Å². The van der Waals surface area contributed by atoms with E-state index >= 15 is 0 Å². The molecule has 1 unspecified atom stereocenters. The van der Waals surface area contributed by atoms with Gasteiger partial charge >= 0.3 is 0 Å². The van der Waals surface area contributed by atoms with E-state index in [1.165, 1.54) is 6.92 Å². The number of alkyl halides is 2. The van der Waals surface area contributed by atoms with E-state index in [4.69, 9.17) is 5.73 Å². The molecule has 1 fully saturated rings. The number of halogens is 2. The Kier molecular flexibility index (Phi) is 3.01. The maximum atomic E-state index is 12.9. The summed E-state index contributed by atoms with van der Waals surface area (Å²) in [6, 6.07) is 0.197. The number of hydrogen-bond acceptors (Lipinski definition) is 2. The third kappa shape index (κ3) is 2.14. The largest absolute Gasteiger partial charge is 0.329 e. The van der Waals surface area contributed by atoms with Gasteiger partial charge in [-0.05, 0) is 6.42 Å². The second kappa shape index (κ2) is 3.66. The van der Waals surface area contributed by atoms with E-state index in [0.29, 0.717) is 6.54 Å². The van der Waals surface area contributed by atoms with Crippen LogP contribution >= 0.6 is 0 Å². The van der Waals surface area contributed by atoms with Crippen molar-refractivity contribution in [2.45, 2.75) is 31.7 Å². The zero-order chi connectivity index (χ0) is 9.19. The number of hydrogen-bond donors (Lipinski definition) is 1. The molecular formula is C8H16F2N2. The number of nitrogens with zero attached hydrogens (tertiary/aromatic N) is 1. The maximum Gasteiger partial charge on any atom is 0.260 e. The molecule has 1 aliphatic heterocycles. The molecule has 0 saturated carbocycles. The van der Waals surface area contributed by atoms with Crippen molar-refractivity contribution in [3.8, 4) is 0 Å². The molecule has 0 radical (unpaired) electrons. The fraction of sp³-hybridized carbons (Fsp3) is 1.00. The van der Waals surface area contributed by atoms with Gasteiger partial charge in [0.05, 0.1) is 6.54 Å². The third-order valence-corrected chi connectivity index (χ3v) is 2.49. The second-order valence-corrected chi connectivity index (χ2v) is 3.36. The van der Waals surface area contributed by atoms with Crippen molar-refractivity contribution < 1.29 is 8.78 Å². The zero-order valence-corrected chi connectivity index (χ0v) is 7.39. The average Bonchev–Trinajstić information content (AvgIpc) is 2.00. The summed E-state index contributed by atoms with van der Waals surface area (Å²) in [6.07, 6.45) is 0.886. The normalized spacial score (nSPS) is 25.5. The van der Waals surface area contributed by atoms with Gasteiger partial charge in [-0.25, -0.2) is 8.78 Å². The molecule has 1 aliphatic rings. The first-order valence-electron chi connectivity index (χ1n) is 4.41. The summed E-state index contributed by atoms with van der Waals surface area (Å²) in [4.78, 5) is 1.77. The monoisotopic (exact) mass is 178 g/mol. The van der Waals surface area contributed by atoms with Crippen LogP contribution in [0.15, 0.2) is 0 Å². The van der Waals surface area contributed by atoms with Crippen LogP contribution in [-0.2, 0) is 0 Å². The summed E-state index contributed by atoms with van der Waals surface area (Å²) in [5, 5.41) is 0. The first kappa shape index (κ1) is 9.86. The molecule has 0 aromatic rings. The Hall–Kier alpha value is -0.220. The molecule has 0 aromatic heterocycles. The average molecular weight is 178 g/mol. The molecule has 1 atom stereocenters. The molecule has 1 rings (SSSR count). The molecule has 0 spiro atoms. The SMILES string of the molecule is CCC(F)(F)CN1CCC1CN. The first-order chi connectivity index (χ1) is 5.59. The highest BCUT2D eigenvalue weighted by Crippen LogP contribution is 2.25. The highest BCUT2D eigenvalue weighted by atomic mass is 19.3. The molecule has 12 heavy (non-hydrogen) atoms. The van der Waals surface area contributed by atoms with Crippen LogP contribution in [0.4, 0.5) is 8.78 Å². The van der Waals surface area contributed by atoms with E-state index in [2.05, 4.69) is 0 Å². The van der Waals surface area contributed by atoms with E-state index in [1.807, 2.05) is 0 Å². The van der Waals surface area contributed by atoms with Gasteiger partial charge in [0.2, 0.25) is 0 Å². The standard InChI is InChI=1S/C8H16F2N2/c1-2-8(9,10)6-12-4-3-7(12)5-11/h7H,2-6,11H2,1H3. The van der Waals surface area contributed by atoms with Gasteiger partial charge in [-0.3, -0.25) is 4.90 Å². The fourth-order valence-corrected chi connectivity index (χ4v) is 1.38. The van der Waals surface area contributed by atoms with Crippen LogP contribution in [0, 0.1) is 0 Å². The lowest BCUT2D eigenvalue weighted by molar-refractivity contribution is -0.0659. The Balaban J connectivity index is 2.31. The molecule has 0 aliphatic carbocycles. The van der Waals surface area contributed by atoms with Crippen molar-refractivity contribution >= 4 is 0 Å². The Morgan fingerprint density at radius 1 is 1.58 bits per heavy atom. The molecule has 0 aromatic carbocycles. The second-order valence-electron chi connectivity index (χ2n) is 3.36. The quantitative estimate of drug-likeness (QED) is 0.697. The van der Waals surface area contributed by atoms with Crippen LogP contribution in [0.2, 0.25) is 0 Å². The molecule has 4 heteroatoms. The summed E-state index contributed by atoms with van der Waals surface area (Å²) in [5.41, 5.74) is 5.40. The predicted molar refractivity (Wildman–Crippen MR) is 44.3 cm³/mol. The minimum Gasteiger partial charge on any atom is -0.329 e. The van der Waals surface area contributed by atoms with E-state index in [9.17, 15) is 8.78 Å². The summed E-state index contributed by atoms with van der Waals surface area (Å²) < 4.78 is 25.7. The van der Waals surface area contributed by atoms with Gasteiger partial charge in [-0.2, -0.15) is 0 Å². The highest BCUT2D eigenvalue weighted by molar-refractivity contribution is 4.86. The van der Waals surface area contributed by atoms with Gasteiger partial charge in [0, 0.05) is 25.6 Å². The molecule has 72 valence electrons. The van der Waals surface area contributed by atoms with Gasteiger partial charge in [-0.15, -0.1) is 0 Å². The predicted octanol–water partition coefficient (Wildman–Crippen LogP) is 1.06. The Bertz CT molecular complexity index is 148. The number of nitrogens with two attached hydrogens (primary N) is 1. The van der Waals surface area contributed by atoms with E-state index < -0.39 is 5.92 Å². The molecule has 2 nitrogen and oxygen atoms in total. The number of rotatable bonds is 4. The molecule has 1 saturated heterocycles. The Morgan fingerprint density at radius 2 is 2.25 bits per heavy atom. The maximum absolute atomic E-state index is 12.9. The summed E-state index contributed by atoms with van der Waals surface area (Å²) in [7, 11) is 0. The van der Waals surface area contributed by atoms with E-state index in [-0.39, 0.29) is 19.0 Å². The van der Waals surface area contributed by atoms with Crippen molar-refractivity contribution in [3.05, 3.63) is 0 Å². The van der Waals surface area contributed by atoms with Gasteiger partial charge in [0.1, 0.15) is 0 Å². The lowest BCUT2D eigenvalue weighted by Gasteiger charge is -2.41. The molecule has 0 amide bonds. The van der Waals surface area contributed by atoms with E-state index in [1.54, 1.807) is 4.90 Å². The van der Waals surface area contributed by atoms with Gasteiger partial charge in [0.25, 0.3) is 5.92 Å².